The third-order valence-electron chi connectivity index (χ3n) is 6.57. The van der Waals surface area contributed by atoms with Crippen LogP contribution in [0.2, 0.25) is 0 Å². The van der Waals surface area contributed by atoms with Gasteiger partial charge in [-0.05, 0) is 30.7 Å². The molecular formula is C29H30N6O2. The number of piperazine rings is 1. The fourth-order valence-corrected chi connectivity index (χ4v) is 4.42. The van der Waals surface area contributed by atoms with Crippen molar-refractivity contribution >= 4 is 12.0 Å². The van der Waals surface area contributed by atoms with Crippen molar-refractivity contribution < 1.29 is 9.53 Å². The van der Waals surface area contributed by atoms with Crippen molar-refractivity contribution in [1.29, 1.82) is 0 Å². The Balaban J connectivity index is 1.24. The number of ether oxygens (including phenoxy) is 1. The monoisotopic (exact) mass is 494 g/mol. The lowest BCUT2D eigenvalue weighted by molar-refractivity contribution is 0.0649. The van der Waals surface area contributed by atoms with Crippen LogP contribution in [0.4, 0.5) is 0 Å². The van der Waals surface area contributed by atoms with Gasteiger partial charge in [0.25, 0.3) is 11.9 Å². The number of aromatic nitrogens is 4. The molecule has 0 saturated carbocycles. The van der Waals surface area contributed by atoms with E-state index in [9.17, 15) is 4.79 Å². The van der Waals surface area contributed by atoms with Gasteiger partial charge in [-0.15, -0.1) is 0 Å². The first-order chi connectivity index (χ1) is 18.1. The number of methoxy groups -OCH3 is 1. The highest BCUT2D eigenvalue weighted by Gasteiger charge is 2.25. The lowest BCUT2D eigenvalue weighted by Crippen LogP contribution is -2.48. The van der Waals surface area contributed by atoms with Crippen LogP contribution in [0.1, 0.15) is 21.6 Å². The molecule has 5 rings (SSSR count). The van der Waals surface area contributed by atoms with E-state index in [4.69, 9.17) is 9.72 Å². The minimum absolute atomic E-state index is 0.00724. The molecule has 0 atom stereocenters. The van der Waals surface area contributed by atoms with Crippen LogP contribution in [-0.4, -0.2) is 75.3 Å². The second-order valence-electron chi connectivity index (χ2n) is 8.94. The number of nitrogens with zero attached hydrogens (tertiary/aromatic N) is 6. The minimum atomic E-state index is -0.00724. The average molecular weight is 495 g/mol. The number of benzene rings is 2. The minimum Gasteiger partial charge on any atom is -0.497 e. The normalized spacial score (nSPS) is 14.3. The maximum atomic E-state index is 13.3. The molecule has 0 radical (unpaired) electrons. The van der Waals surface area contributed by atoms with Crippen LogP contribution in [0, 0.1) is 6.92 Å². The van der Waals surface area contributed by atoms with Gasteiger partial charge in [0.05, 0.1) is 30.3 Å². The Labute approximate surface area is 216 Å². The van der Waals surface area contributed by atoms with Gasteiger partial charge >= 0.3 is 0 Å². The smallest absolute Gasteiger partial charge is 0.257 e. The van der Waals surface area contributed by atoms with Crippen molar-refractivity contribution in [2.75, 3.05) is 39.8 Å². The summed E-state index contributed by atoms with van der Waals surface area (Å²) in [6.45, 7) is 5.80. The van der Waals surface area contributed by atoms with Crippen LogP contribution in [0.25, 0.3) is 23.3 Å². The molecule has 1 saturated heterocycles. The Morgan fingerprint density at radius 1 is 1.03 bits per heavy atom. The predicted molar refractivity (Wildman–Crippen MR) is 144 cm³/mol. The molecule has 3 heterocycles. The van der Waals surface area contributed by atoms with Gasteiger partial charge in [0, 0.05) is 44.5 Å². The molecule has 0 unspecified atom stereocenters. The van der Waals surface area contributed by atoms with Gasteiger partial charge < -0.3 is 9.64 Å². The number of hydrogen-bond donors (Lipinski definition) is 0. The molecule has 1 amide bonds. The maximum absolute atomic E-state index is 13.3. The van der Waals surface area contributed by atoms with Gasteiger partial charge in [-0.2, -0.15) is 5.10 Å². The summed E-state index contributed by atoms with van der Waals surface area (Å²) in [6.07, 6.45) is 7.64. The van der Waals surface area contributed by atoms with Crippen LogP contribution in [0.3, 0.4) is 0 Å². The van der Waals surface area contributed by atoms with E-state index < -0.39 is 0 Å². The SMILES string of the molecule is COc1cccc(-c2ccnc(-n3ncc(C(=O)N4CCN(CC=Cc5ccccc5)CC4)c3C)n2)c1. The molecule has 8 heteroatoms. The first-order valence-electron chi connectivity index (χ1n) is 12.4. The summed E-state index contributed by atoms with van der Waals surface area (Å²) in [6, 6.07) is 19.8. The lowest BCUT2D eigenvalue weighted by Gasteiger charge is -2.34. The molecule has 188 valence electrons. The summed E-state index contributed by atoms with van der Waals surface area (Å²) < 4.78 is 6.96. The van der Waals surface area contributed by atoms with Crippen LogP contribution in [-0.2, 0) is 0 Å². The summed E-state index contributed by atoms with van der Waals surface area (Å²) in [5.74, 6) is 1.17. The van der Waals surface area contributed by atoms with Crippen molar-refractivity contribution in [1.82, 2.24) is 29.5 Å². The number of amides is 1. The van der Waals surface area contributed by atoms with Crippen molar-refractivity contribution in [3.63, 3.8) is 0 Å². The van der Waals surface area contributed by atoms with Gasteiger partial charge in [-0.3, -0.25) is 9.69 Å². The van der Waals surface area contributed by atoms with Crippen LogP contribution in [0.15, 0.2) is 79.1 Å². The highest BCUT2D eigenvalue weighted by atomic mass is 16.5. The third-order valence-corrected chi connectivity index (χ3v) is 6.57. The van der Waals surface area contributed by atoms with Gasteiger partial charge in [-0.25, -0.2) is 14.6 Å². The van der Waals surface area contributed by atoms with E-state index in [0.29, 0.717) is 24.6 Å². The van der Waals surface area contributed by atoms with Crippen molar-refractivity contribution in [2.24, 2.45) is 0 Å². The van der Waals surface area contributed by atoms with Crippen LogP contribution >= 0.6 is 0 Å². The Kier molecular flexibility index (Phi) is 7.37. The topological polar surface area (TPSA) is 76.4 Å². The number of rotatable bonds is 7. The largest absolute Gasteiger partial charge is 0.497 e. The lowest BCUT2D eigenvalue weighted by atomic mass is 10.1. The number of carbonyl (C=O) groups is 1. The molecule has 1 fully saturated rings. The van der Waals surface area contributed by atoms with Gasteiger partial charge in [0.15, 0.2) is 0 Å². The molecule has 4 aromatic rings. The quantitative estimate of drug-likeness (QED) is 0.385. The van der Waals surface area contributed by atoms with E-state index in [-0.39, 0.29) is 5.91 Å². The summed E-state index contributed by atoms with van der Waals surface area (Å²) in [4.78, 5) is 26.7. The van der Waals surface area contributed by atoms with Crippen LogP contribution in [0.5, 0.6) is 5.75 Å². The summed E-state index contributed by atoms with van der Waals surface area (Å²) in [5.41, 5.74) is 4.17. The Hall–Kier alpha value is -4.30. The van der Waals surface area contributed by atoms with E-state index >= 15 is 0 Å². The Bertz CT molecular complexity index is 1390. The van der Waals surface area contributed by atoms with Gasteiger partial charge in [0.2, 0.25) is 0 Å². The predicted octanol–water partition coefficient (Wildman–Crippen LogP) is 4.12. The van der Waals surface area contributed by atoms with Crippen LogP contribution < -0.4 is 4.74 Å². The molecule has 1 aliphatic rings. The van der Waals surface area contributed by atoms with E-state index in [1.54, 1.807) is 24.2 Å². The first-order valence-corrected chi connectivity index (χ1v) is 12.4. The molecule has 0 bridgehead atoms. The Morgan fingerprint density at radius 3 is 2.62 bits per heavy atom. The van der Waals surface area contributed by atoms with Gasteiger partial charge in [0.1, 0.15) is 5.75 Å². The highest BCUT2D eigenvalue weighted by molar-refractivity contribution is 5.95. The zero-order valence-electron chi connectivity index (χ0n) is 21.1. The highest BCUT2D eigenvalue weighted by Crippen LogP contribution is 2.23. The molecule has 0 spiro atoms. The first kappa shape index (κ1) is 24.4. The molecule has 8 nitrogen and oxygen atoms in total. The van der Waals surface area contributed by atoms with E-state index in [1.165, 1.54) is 5.56 Å². The third kappa shape index (κ3) is 5.59. The second kappa shape index (κ2) is 11.2. The zero-order chi connectivity index (χ0) is 25.6. The fraction of sp³-hybridized carbons (Fsp3) is 0.241. The number of hydrogen-bond acceptors (Lipinski definition) is 6. The molecule has 2 aromatic carbocycles. The molecule has 1 aliphatic heterocycles. The van der Waals surface area contributed by atoms with Crippen molar-refractivity contribution in [3.05, 3.63) is 96.0 Å². The van der Waals surface area contributed by atoms with E-state index in [0.717, 1.165) is 42.3 Å². The molecule has 0 N–H and O–H groups in total. The summed E-state index contributed by atoms with van der Waals surface area (Å²) in [7, 11) is 1.64. The second-order valence-corrected chi connectivity index (χ2v) is 8.94. The van der Waals surface area contributed by atoms with Crippen molar-refractivity contribution in [2.45, 2.75) is 6.92 Å². The number of carbonyl (C=O) groups excluding carboxylic acids is 1. The molecule has 2 aromatic heterocycles. The maximum Gasteiger partial charge on any atom is 0.257 e. The zero-order valence-corrected chi connectivity index (χ0v) is 21.1. The van der Waals surface area contributed by atoms with Crippen molar-refractivity contribution in [3.8, 4) is 23.0 Å². The molecule has 37 heavy (non-hydrogen) atoms. The van der Waals surface area contributed by atoms with Gasteiger partial charge in [-0.1, -0.05) is 54.6 Å². The van der Waals surface area contributed by atoms with E-state index in [1.807, 2.05) is 60.4 Å². The summed E-state index contributed by atoms with van der Waals surface area (Å²) >= 11 is 0. The van der Waals surface area contributed by atoms with E-state index in [2.05, 4.69) is 39.3 Å². The molecule has 0 aliphatic carbocycles. The Morgan fingerprint density at radius 2 is 1.84 bits per heavy atom. The standard InChI is InChI=1S/C29H30N6O2/c1-22-26(28(36)34-18-16-33(17-19-34)15-7-10-23-8-4-3-5-9-23)21-31-35(22)29-30-14-13-27(32-29)24-11-6-12-25(20-24)37-2/h3-14,20-21H,15-19H2,1-2H3. The average Bonchev–Trinajstić information content (AvgIpc) is 3.35. The fourth-order valence-electron chi connectivity index (χ4n) is 4.42. The summed E-state index contributed by atoms with van der Waals surface area (Å²) in [5, 5.41) is 4.45. The molecular weight excluding hydrogens is 464 g/mol.